The summed E-state index contributed by atoms with van der Waals surface area (Å²) in [6, 6.07) is 7.20. The molecule has 1 aromatic rings. The minimum absolute atomic E-state index is 0.0704. The number of hydrogen-bond donors (Lipinski definition) is 1. The molecule has 0 saturated heterocycles. The van der Waals surface area contributed by atoms with E-state index in [1.54, 1.807) is 19.2 Å². The molecule has 6 nitrogen and oxygen atoms in total. The Balaban J connectivity index is 1.70. The lowest BCUT2D eigenvalue weighted by atomic mass is 9.83. The summed E-state index contributed by atoms with van der Waals surface area (Å²) in [6.45, 7) is 0.365. The molecular weight excluding hydrogens is 402 g/mol. The van der Waals surface area contributed by atoms with Crippen LogP contribution in [-0.4, -0.2) is 38.9 Å². The first-order chi connectivity index (χ1) is 12.5. The minimum atomic E-state index is -0.495. The fourth-order valence-corrected chi connectivity index (χ4v) is 3.84. The number of ether oxygens (including phenoxy) is 3. The Labute approximate surface area is 160 Å². The highest BCUT2D eigenvalue weighted by Gasteiger charge is 2.44. The number of methoxy groups -OCH3 is 2. The fraction of sp³-hybridized carbons (Fsp3) is 0.368. The lowest BCUT2D eigenvalue weighted by Crippen LogP contribution is -2.38. The smallest absolute Gasteiger partial charge is 0.337 e. The number of nitrogens with one attached hydrogen (secondary N) is 1. The van der Waals surface area contributed by atoms with Gasteiger partial charge in [-0.05, 0) is 30.2 Å². The molecule has 0 spiro atoms. The first kappa shape index (κ1) is 18.7. The second kappa shape index (κ2) is 8.05. The van der Waals surface area contributed by atoms with Crippen molar-refractivity contribution in [1.82, 2.24) is 5.32 Å². The summed E-state index contributed by atoms with van der Waals surface area (Å²) in [5.41, 5.74) is 2.06. The molecule has 1 aliphatic heterocycles. The third-order valence-corrected chi connectivity index (χ3v) is 5.20. The Morgan fingerprint density at radius 3 is 2.85 bits per heavy atom. The molecule has 26 heavy (non-hydrogen) atoms. The Morgan fingerprint density at radius 1 is 1.35 bits per heavy atom. The Morgan fingerprint density at radius 2 is 2.15 bits per heavy atom. The monoisotopic (exact) mass is 421 g/mol. The van der Waals surface area contributed by atoms with E-state index in [0.717, 1.165) is 10.0 Å². The van der Waals surface area contributed by atoms with Crippen molar-refractivity contribution in [1.29, 1.82) is 0 Å². The van der Waals surface area contributed by atoms with Crippen LogP contribution in [-0.2, 0) is 19.0 Å². The van der Waals surface area contributed by atoms with E-state index < -0.39 is 12.3 Å². The van der Waals surface area contributed by atoms with Crippen LogP contribution in [0.4, 0.5) is 0 Å². The lowest BCUT2D eigenvalue weighted by molar-refractivity contribution is -0.146. The van der Waals surface area contributed by atoms with Crippen molar-refractivity contribution in [2.45, 2.75) is 12.7 Å². The van der Waals surface area contributed by atoms with Gasteiger partial charge in [0.15, 0.2) is 0 Å². The molecule has 1 heterocycles. The summed E-state index contributed by atoms with van der Waals surface area (Å²) in [4.78, 5) is 24.4. The molecule has 1 aromatic carbocycles. The van der Waals surface area contributed by atoms with Crippen molar-refractivity contribution >= 4 is 27.8 Å². The fourth-order valence-electron chi connectivity index (χ4n) is 3.44. The summed E-state index contributed by atoms with van der Waals surface area (Å²) >= 11 is 3.36. The number of halogens is 1. The van der Waals surface area contributed by atoms with Gasteiger partial charge in [0, 0.05) is 29.6 Å². The SMILES string of the molecule is COC(=O)C1=CO[C@@H](OC)[C@@H]2C(CNC(=O)c3cccc(Br)c3)=CC[C@H]12. The molecule has 1 amide bonds. The van der Waals surface area contributed by atoms with Gasteiger partial charge in [0.05, 0.1) is 24.9 Å². The Kier molecular flexibility index (Phi) is 5.78. The average Bonchev–Trinajstić information content (AvgIpc) is 3.09. The van der Waals surface area contributed by atoms with Gasteiger partial charge in [-0.2, -0.15) is 0 Å². The summed E-state index contributed by atoms with van der Waals surface area (Å²) in [5.74, 6) is -0.770. The van der Waals surface area contributed by atoms with E-state index in [2.05, 4.69) is 21.2 Å². The quantitative estimate of drug-likeness (QED) is 0.584. The maximum atomic E-state index is 12.4. The number of amides is 1. The molecular formula is C19H20BrNO5. The van der Waals surface area contributed by atoms with Crippen LogP contribution in [0.5, 0.6) is 0 Å². The molecule has 0 unspecified atom stereocenters. The zero-order valence-corrected chi connectivity index (χ0v) is 16.1. The summed E-state index contributed by atoms with van der Waals surface area (Å²) in [7, 11) is 2.91. The highest BCUT2D eigenvalue weighted by molar-refractivity contribution is 9.10. The highest BCUT2D eigenvalue weighted by atomic mass is 79.9. The van der Waals surface area contributed by atoms with Gasteiger partial charge in [-0.1, -0.05) is 28.1 Å². The number of hydrogen-bond acceptors (Lipinski definition) is 5. The number of rotatable bonds is 5. The van der Waals surface area contributed by atoms with Crippen LogP contribution in [0.15, 0.2) is 52.2 Å². The first-order valence-corrected chi connectivity index (χ1v) is 9.03. The lowest BCUT2D eigenvalue weighted by Gasteiger charge is -2.34. The number of carbonyl (C=O) groups excluding carboxylic acids is 2. The first-order valence-electron chi connectivity index (χ1n) is 8.24. The molecule has 138 valence electrons. The van der Waals surface area contributed by atoms with Gasteiger partial charge < -0.3 is 19.5 Å². The van der Waals surface area contributed by atoms with Crippen LogP contribution < -0.4 is 5.32 Å². The van der Waals surface area contributed by atoms with Crippen LogP contribution in [0.2, 0.25) is 0 Å². The van der Waals surface area contributed by atoms with E-state index in [9.17, 15) is 9.59 Å². The van der Waals surface area contributed by atoms with E-state index in [-0.39, 0.29) is 17.7 Å². The van der Waals surface area contributed by atoms with Crippen molar-refractivity contribution in [2.75, 3.05) is 20.8 Å². The second-order valence-corrected chi connectivity index (χ2v) is 7.06. The summed E-state index contributed by atoms with van der Waals surface area (Å²) in [6.07, 6.45) is 3.65. The normalized spacial score (nSPS) is 24.0. The van der Waals surface area contributed by atoms with Crippen molar-refractivity contribution in [3.63, 3.8) is 0 Å². The Hall–Kier alpha value is -2.12. The molecule has 0 aromatic heterocycles. The zero-order valence-electron chi connectivity index (χ0n) is 14.5. The standard InChI is InChI=1S/C19H20BrNO5/c1-24-18(23)15-10-26-19(25-2)16-12(6-7-14(15)16)9-21-17(22)11-4-3-5-13(20)8-11/h3-6,8,10,14,16,19H,7,9H2,1-2H3,(H,21,22)/t14-,16-,19-/m1/s1. The van der Waals surface area contributed by atoms with Crippen molar-refractivity contribution in [3.05, 3.63) is 57.8 Å². The van der Waals surface area contributed by atoms with E-state index >= 15 is 0 Å². The number of carbonyl (C=O) groups is 2. The molecule has 3 rings (SSSR count). The molecule has 0 bridgehead atoms. The molecule has 1 N–H and O–H groups in total. The minimum Gasteiger partial charge on any atom is -0.471 e. The van der Waals surface area contributed by atoms with Crippen molar-refractivity contribution in [3.8, 4) is 0 Å². The number of allylic oxidation sites excluding steroid dienone is 1. The van der Waals surface area contributed by atoms with E-state index in [1.807, 2.05) is 18.2 Å². The summed E-state index contributed by atoms with van der Waals surface area (Å²) in [5, 5.41) is 2.93. The van der Waals surface area contributed by atoms with Gasteiger partial charge in [-0.15, -0.1) is 0 Å². The third-order valence-electron chi connectivity index (χ3n) is 4.71. The van der Waals surface area contributed by atoms with Crippen LogP contribution >= 0.6 is 15.9 Å². The van der Waals surface area contributed by atoms with E-state index in [1.165, 1.54) is 13.4 Å². The molecule has 2 aliphatic rings. The zero-order chi connectivity index (χ0) is 18.7. The maximum Gasteiger partial charge on any atom is 0.337 e. The topological polar surface area (TPSA) is 73.9 Å². The number of benzene rings is 1. The molecule has 0 fully saturated rings. The Bertz CT molecular complexity index is 773. The van der Waals surface area contributed by atoms with Crippen molar-refractivity contribution in [2.24, 2.45) is 11.8 Å². The second-order valence-electron chi connectivity index (χ2n) is 6.14. The molecule has 3 atom stereocenters. The van der Waals surface area contributed by atoms with Gasteiger partial charge in [0.2, 0.25) is 6.29 Å². The van der Waals surface area contributed by atoms with Gasteiger partial charge in [0.25, 0.3) is 5.91 Å². The summed E-state index contributed by atoms with van der Waals surface area (Å²) < 4.78 is 16.7. The van der Waals surface area contributed by atoms with Gasteiger partial charge in [-0.3, -0.25) is 4.79 Å². The maximum absolute atomic E-state index is 12.4. The molecule has 7 heteroatoms. The number of esters is 1. The largest absolute Gasteiger partial charge is 0.471 e. The molecule has 0 saturated carbocycles. The predicted octanol–water partition coefficient (Wildman–Crippen LogP) is 2.80. The highest BCUT2D eigenvalue weighted by Crippen LogP contribution is 2.43. The van der Waals surface area contributed by atoms with Crippen LogP contribution in [0.3, 0.4) is 0 Å². The van der Waals surface area contributed by atoms with E-state index in [4.69, 9.17) is 14.2 Å². The average molecular weight is 422 g/mol. The number of fused-ring (bicyclic) bond motifs is 1. The van der Waals surface area contributed by atoms with Gasteiger partial charge in [0.1, 0.15) is 0 Å². The molecule has 0 radical (unpaired) electrons. The van der Waals surface area contributed by atoms with Gasteiger partial charge in [-0.25, -0.2) is 4.79 Å². The van der Waals surface area contributed by atoms with Gasteiger partial charge >= 0.3 is 5.97 Å². The van der Waals surface area contributed by atoms with Crippen molar-refractivity contribution < 1.29 is 23.8 Å². The predicted molar refractivity (Wildman–Crippen MR) is 98.1 cm³/mol. The third kappa shape index (κ3) is 3.68. The molecule has 1 aliphatic carbocycles. The van der Waals surface area contributed by atoms with Crippen LogP contribution in [0, 0.1) is 11.8 Å². The van der Waals surface area contributed by atoms with Crippen LogP contribution in [0.25, 0.3) is 0 Å². The van der Waals surface area contributed by atoms with Crippen LogP contribution in [0.1, 0.15) is 16.8 Å². The van der Waals surface area contributed by atoms with E-state index in [0.29, 0.717) is 24.1 Å².